The number of ether oxygens (including phenoxy) is 1. The van der Waals surface area contributed by atoms with E-state index in [1.54, 1.807) is 6.08 Å². The number of carbonyl (C=O) groups is 3. The van der Waals surface area contributed by atoms with E-state index in [4.69, 9.17) is 16.3 Å². The fourth-order valence-corrected chi connectivity index (χ4v) is 8.59. The van der Waals surface area contributed by atoms with E-state index in [0.717, 1.165) is 12.0 Å². The second kappa shape index (κ2) is 8.56. The monoisotopic (exact) mass is 492 g/mol. The molecule has 0 radical (unpaired) electrons. The lowest BCUT2D eigenvalue weighted by atomic mass is 9.45. The first kappa shape index (κ1) is 25.6. The number of hydrogen-bond acceptors (Lipinski definition) is 6. The number of aliphatic hydroxyl groups is 2. The summed E-state index contributed by atoms with van der Waals surface area (Å²) in [7, 11) is 0. The third-order valence-electron chi connectivity index (χ3n) is 9.75. The van der Waals surface area contributed by atoms with E-state index >= 15 is 0 Å². The first-order chi connectivity index (χ1) is 15.9. The van der Waals surface area contributed by atoms with Crippen LogP contribution in [0.4, 0.5) is 0 Å². The highest BCUT2D eigenvalue weighted by atomic mass is 35.5. The topological polar surface area (TPSA) is 101 Å². The second-order valence-corrected chi connectivity index (χ2v) is 11.9. The maximum Gasteiger partial charge on any atom is 0.306 e. The molecule has 4 aliphatic rings. The Morgan fingerprint density at radius 1 is 1.26 bits per heavy atom. The predicted octanol–water partition coefficient (Wildman–Crippen LogP) is 3.91. The Balaban J connectivity index is 1.80. The van der Waals surface area contributed by atoms with E-state index in [2.05, 4.69) is 0 Å². The molecule has 0 bridgehead atoms. The normalized spacial score (nSPS) is 45.1. The minimum absolute atomic E-state index is 0.0673. The van der Waals surface area contributed by atoms with Crippen LogP contribution in [-0.2, 0) is 19.1 Å². The van der Waals surface area contributed by atoms with Crippen LogP contribution < -0.4 is 0 Å². The van der Waals surface area contributed by atoms with Gasteiger partial charge in [-0.1, -0.05) is 45.8 Å². The van der Waals surface area contributed by atoms with Crippen molar-refractivity contribution in [2.45, 2.75) is 89.2 Å². The molecular weight excluding hydrogens is 456 g/mol. The van der Waals surface area contributed by atoms with Crippen LogP contribution in [0.15, 0.2) is 23.8 Å². The van der Waals surface area contributed by atoms with Gasteiger partial charge in [0.25, 0.3) is 0 Å². The van der Waals surface area contributed by atoms with Gasteiger partial charge in [-0.2, -0.15) is 0 Å². The van der Waals surface area contributed by atoms with Crippen molar-refractivity contribution in [3.05, 3.63) is 23.8 Å². The Morgan fingerprint density at radius 2 is 1.97 bits per heavy atom. The molecule has 188 valence electrons. The molecule has 0 aromatic rings. The van der Waals surface area contributed by atoms with Crippen molar-refractivity contribution in [3.8, 4) is 0 Å². The van der Waals surface area contributed by atoms with Gasteiger partial charge >= 0.3 is 5.97 Å². The van der Waals surface area contributed by atoms with Gasteiger partial charge in [-0.05, 0) is 56.1 Å². The lowest BCUT2D eigenvalue weighted by Gasteiger charge is -2.64. The molecule has 0 heterocycles. The fraction of sp³-hybridized carbons (Fsp3) is 0.741. The van der Waals surface area contributed by atoms with Crippen molar-refractivity contribution < 1.29 is 29.3 Å². The summed E-state index contributed by atoms with van der Waals surface area (Å²) in [6.07, 6.45) is 7.82. The summed E-state index contributed by atoms with van der Waals surface area (Å²) in [5.74, 6) is -1.59. The zero-order valence-corrected chi connectivity index (χ0v) is 21.4. The number of fused-ring (bicyclic) bond motifs is 5. The quantitative estimate of drug-likeness (QED) is 0.430. The van der Waals surface area contributed by atoms with Crippen molar-refractivity contribution in [1.29, 1.82) is 0 Å². The van der Waals surface area contributed by atoms with Crippen molar-refractivity contribution in [2.75, 3.05) is 6.61 Å². The number of carbonyl (C=O) groups excluding carboxylic acids is 3. The van der Waals surface area contributed by atoms with Gasteiger partial charge in [-0.3, -0.25) is 14.4 Å². The minimum atomic E-state index is -1.51. The first-order valence-electron chi connectivity index (χ1n) is 12.6. The van der Waals surface area contributed by atoms with Gasteiger partial charge in [0.05, 0.1) is 11.0 Å². The lowest BCUT2D eigenvalue weighted by molar-refractivity contribution is -0.203. The van der Waals surface area contributed by atoms with Gasteiger partial charge in [0.2, 0.25) is 5.78 Å². The van der Waals surface area contributed by atoms with Crippen molar-refractivity contribution in [3.63, 3.8) is 0 Å². The fourth-order valence-electron chi connectivity index (χ4n) is 8.07. The van der Waals surface area contributed by atoms with E-state index < -0.39 is 45.8 Å². The average molecular weight is 493 g/mol. The number of aliphatic hydroxyl groups excluding tert-OH is 2. The number of hydrogen-bond donors (Lipinski definition) is 2. The summed E-state index contributed by atoms with van der Waals surface area (Å²) in [5, 5.41) is 21.7. The third kappa shape index (κ3) is 3.17. The smallest absolute Gasteiger partial charge is 0.306 e. The van der Waals surface area contributed by atoms with E-state index in [1.807, 2.05) is 33.8 Å². The molecule has 6 nitrogen and oxygen atoms in total. The zero-order valence-electron chi connectivity index (χ0n) is 20.6. The molecule has 3 saturated carbocycles. The van der Waals surface area contributed by atoms with Crippen LogP contribution in [0, 0.1) is 28.6 Å². The number of rotatable bonds is 6. The molecule has 4 aliphatic carbocycles. The molecule has 7 heteroatoms. The minimum Gasteiger partial charge on any atom is -0.450 e. The largest absolute Gasteiger partial charge is 0.450 e. The standard InChI is InChI=1S/C27H37ClO6/c1-5-6-7-23(33)34-27(22(32)15-29)16(2)12-20-19-9-8-17-13-18(30)10-11-24(17,3)26(19,28)21(31)14-25(20,27)4/h10-11,13,16,19-21,29,31H,5-9,12,14-15H2,1-4H3/t16?,19-,20-,21?,24-,25-,26-,27-/m0/s1. The zero-order chi connectivity index (χ0) is 25.1. The second-order valence-electron chi connectivity index (χ2n) is 11.3. The molecule has 0 spiro atoms. The Hall–Kier alpha value is -1.50. The SMILES string of the molecule is CCCCC(=O)O[C@]1(C(=O)CO)C(C)C[C@H]2[C@@H]3CCC4=CC(=O)C=C[C@]4(C)[C@@]3(Cl)C(O)C[C@@]21C. The van der Waals surface area contributed by atoms with Gasteiger partial charge in [0, 0.05) is 23.2 Å². The molecule has 0 saturated heterocycles. The number of allylic oxidation sites excluding steroid dienone is 4. The molecule has 0 aromatic carbocycles. The molecule has 0 aromatic heterocycles. The van der Waals surface area contributed by atoms with Crippen molar-refractivity contribution >= 4 is 29.1 Å². The Labute approximate surface area is 206 Å². The van der Waals surface area contributed by atoms with Crippen LogP contribution in [0.2, 0.25) is 0 Å². The molecule has 0 amide bonds. The number of unbranched alkanes of at least 4 members (excludes halogenated alkanes) is 1. The number of alkyl halides is 1. The molecule has 4 rings (SSSR count). The molecule has 2 unspecified atom stereocenters. The van der Waals surface area contributed by atoms with Crippen molar-refractivity contribution in [2.24, 2.45) is 28.6 Å². The van der Waals surface area contributed by atoms with Crippen LogP contribution in [0.25, 0.3) is 0 Å². The highest BCUT2D eigenvalue weighted by Gasteiger charge is 2.76. The van der Waals surface area contributed by atoms with Crippen LogP contribution in [0.5, 0.6) is 0 Å². The predicted molar refractivity (Wildman–Crippen MR) is 128 cm³/mol. The summed E-state index contributed by atoms with van der Waals surface area (Å²) in [6, 6.07) is 0. The number of ketones is 2. The number of esters is 1. The molecule has 2 N–H and O–H groups in total. The Morgan fingerprint density at radius 3 is 2.62 bits per heavy atom. The van der Waals surface area contributed by atoms with E-state index in [9.17, 15) is 24.6 Å². The van der Waals surface area contributed by atoms with E-state index in [-0.39, 0.29) is 36.4 Å². The number of halogens is 1. The number of Topliss-reactive ketones (excluding diaryl/α,β-unsaturated/α-hetero) is 1. The van der Waals surface area contributed by atoms with Crippen LogP contribution in [-0.4, -0.2) is 50.9 Å². The lowest BCUT2D eigenvalue weighted by Crippen LogP contribution is -2.69. The van der Waals surface area contributed by atoms with Gasteiger partial charge in [0.15, 0.2) is 11.4 Å². The Bertz CT molecular complexity index is 957. The van der Waals surface area contributed by atoms with Gasteiger partial charge in [0.1, 0.15) is 6.61 Å². The maximum atomic E-state index is 13.4. The average Bonchev–Trinajstić information content (AvgIpc) is 3.00. The summed E-state index contributed by atoms with van der Waals surface area (Å²) < 4.78 is 6.07. The Kier molecular flexibility index (Phi) is 6.44. The third-order valence-corrected chi connectivity index (χ3v) is 10.7. The molecule has 3 fully saturated rings. The summed E-state index contributed by atoms with van der Waals surface area (Å²) in [6.45, 7) is 7.07. The molecule has 0 aliphatic heterocycles. The van der Waals surface area contributed by atoms with Crippen molar-refractivity contribution in [1.82, 2.24) is 0 Å². The van der Waals surface area contributed by atoms with E-state index in [1.165, 1.54) is 6.08 Å². The summed E-state index contributed by atoms with van der Waals surface area (Å²) in [5.41, 5.74) is -2.14. The highest BCUT2D eigenvalue weighted by molar-refractivity contribution is 6.26. The maximum absolute atomic E-state index is 13.4. The van der Waals surface area contributed by atoms with Crippen LogP contribution >= 0.6 is 11.6 Å². The van der Waals surface area contributed by atoms with Crippen LogP contribution in [0.1, 0.15) is 72.6 Å². The van der Waals surface area contributed by atoms with Crippen LogP contribution in [0.3, 0.4) is 0 Å². The van der Waals surface area contributed by atoms with Gasteiger partial charge in [-0.25, -0.2) is 0 Å². The van der Waals surface area contributed by atoms with Gasteiger partial charge in [-0.15, -0.1) is 11.6 Å². The first-order valence-corrected chi connectivity index (χ1v) is 13.0. The summed E-state index contributed by atoms with van der Waals surface area (Å²) >= 11 is 7.45. The van der Waals surface area contributed by atoms with Gasteiger partial charge < -0.3 is 14.9 Å². The summed E-state index contributed by atoms with van der Waals surface area (Å²) in [4.78, 5) is 37.3. The molecule has 34 heavy (non-hydrogen) atoms. The molecule has 8 atom stereocenters. The van der Waals surface area contributed by atoms with E-state index in [0.29, 0.717) is 25.7 Å². The highest BCUT2D eigenvalue weighted by Crippen LogP contribution is 2.72. The molecular formula is C27H37ClO6.